The van der Waals surface area contributed by atoms with Crippen LogP contribution in [0.2, 0.25) is 0 Å². The zero-order valence-corrected chi connectivity index (χ0v) is 16.6. The Bertz CT molecular complexity index is 900. The normalized spacial score (nSPS) is 11.3. The number of hydrogen-bond donors (Lipinski definition) is 2. The molecule has 2 N–H and O–H groups in total. The Hall–Kier alpha value is -2.03. The van der Waals surface area contributed by atoms with Gasteiger partial charge in [-0.15, -0.1) is 11.3 Å². The van der Waals surface area contributed by atoms with Gasteiger partial charge >= 0.3 is 0 Å². The maximum atomic E-state index is 12.2. The van der Waals surface area contributed by atoms with Crippen molar-refractivity contribution in [3.05, 3.63) is 51.2 Å². The molecule has 0 aliphatic rings. The van der Waals surface area contributed by atoms with Crippen LogP contribution >= 0.6 is 11.3 Å². The van der Waals surface area contributed by atoms with Crippen LogP contribution in [0.4, 0.5) is 0 Å². The zero-order valence-electron chi connectivity index (χ0n) is 15.0. The van der Waals surface area contributed by atoms with E-state index in [-0.39, 0.29) is 36.0 Å². The van der Waals surface area contributed by atoms with Gasteiger partial charge in [0.1, 0.15) is 0 Å². The van der Waals surface area contributed by atoms with Crippen LogP contribution in [0.1, 0.15) is 38.5 Å². The molecule has 0 atom stereocenters. The van der Waals surface area contributed by atoms with Crippen molar-refractivity contribution in [1.82, 2.24) is 10.0 Å². The quantitative estimate of drug-likeness (QED) is 0.673. The molecule has 2 aromatic rings. The number of hydrogen-bond acceptors (Lipinski definition) is 5. The topological polar surface area (TPSA) is 92.3 Å². The van der Waals surface area contributed by atoms with E-state index in [1.54, 1.807) is 23.5 Å². The second kappa shape index (κ2) is 8.57. The zero-order chi connectivity index (χ0) is 19.3. The van der Waals surface area contributed by atoms with E-state index in [1.165, 1.54) is 19.2 Å². The molecular formula is C18H22N2O4S2. The summed E-state index contributed by atoms with van der Waals surface area (Å²) in [6.07, 6.45) is 0.293. The molecule has 0 spiro atoms. The molecule has 0 saturated heterocycles. The van der Waals surface area contributed by atoms with Crippen LogP contribution in [0.5, 0.6) is 0 Å². The van der Waals surface area contributed by atoms with Crippen LogP contribution in [0, 0.1) is 13.8 Å². The molecule has 0 bridgehead atoms. The Labute approximate surface area is 157 Å². The molecule has 0 radical (unpaired) electrons. The molecule has 0 aliphatic carbocycles. The van der Waals surface area contributed by atoms with Crippen molar-refractivity contribution in [1.29, 1.82) is 0 Å². The summed E-state index contributed by atoms with van der Waals surface area (Å²) in [5.74, 6) is -0.237. The molecule has 0 fully saturated rings. The number of ketones is 1. The van der Waals surface area contributed by atoms with Gasteiger partial charge in [-0.1, -0.05) is 12.1 Å². The highest BCUT2D eigenvalue weighted by Gasteiger charge is 2.14. The Kier molecular flexibility index (Phi) is 6.69. The lowest BCUT2D eigenvalue weighted by Crippen LogP contribution is -2.23. The minimum absolute atomic E-state index is 0.0244. The van der Waals surface area contributed by atoms with Crippen molar-refractivity contribution in [2.24, 2.45) is 0 Å². The van der Waals surface area contributed by atoms with E-state index in [9.17, 15) is 18.0 Å². The van der Waals surface area contributed by atoms with Crippen LogP contribution < -0.4 is 10.0 Å². The molecule has 2 rings (SSSR count). The Balaban J connectivity index is 1.83. The number of rotatable bonds is 8. The fraction of sp³-hybridized carbons (Fsp3) is 0.333. The molecule has 140 valence electrons. The van der Waals surface area contributed by atoms with Crippen LogP contribution in [0.25, 0.3) is 0 Å². The van der Waals surface area contributed by atoms with E-state index in [0.717, 1.165) is 15.3 Å². The second-order valence-electron chi connectivity index (χ2n) is 5.88. The average Bonchev–Trinajstić information content (AvgIpc) is 2.96. The number of carbonyl (C=O) groups is 2. The van der Waals surface area contributed by atoms with E-state index in [4.69, 9.17) is 0 Å². The van der Waals surface area contributed by atoms with Gasteiger partial charge in [0.15, 0.2) is 5.78 Å². The lowest BCUT2D eigenvalue weighted by atomic mass is 10.1. The first-order valence-corrected chi connectivity index (χ1v) is 10.4. The van der Waals surface area contributed by atoms with Crippen molar-refractivity contribution in [2.45, 2.75) is 38.1 Å². The summed E-state index contributed by atoms with van der Waals surface area (Å²) in [5, 5.41) is 2.74. The largest absolute Gasteiger partial charge is 0.352 e. The minimum Gasteiger partial charge on any atom is -0.352 e. The lowest BCUT2D eigenvalue weighted by molar-refractivity contribution is -0.121. The molecule has 0 unspecified atom stereocenters. The molecule has 1 amide bonds. The smallest absolute Gasteiger partial charge is 0.240 e. The number of amides is 1. The third-order valence-corrected chi connectivity index (χ3v) is 6.31. The molecular weight excluding hydrogens is 372 g/mol. The maximum Gasteiger partial charge on any atom is 0.240 e. The summed E-state index contributed by atoms with van der Waals surface area (Å²) in [4.78, 5) is 26.4. The summed E-state index contributed by atoms with van der Waals surface area (Å²) in [6.45, 7) is 4.14. The van der Waals surface area contributed by atoms with Gasteiger partial charge in [0.05, 0.1) is 4.90 Å². The van der Waals surface area contributed by atoms with Crippen LogP contribution in [-0.4, -0.2) is 27.2 Å². The van der Waals surface area contributed by atoms with Gasteiger partial charge in [-0.3, -0.25) is 9.59 Å². The number of thiophene rings is 1. The number of nitrogens with one attached hydrogen (secondary N) is 2. The summed E-state index contributed by atoms with van der Waals surface area (Å²) in [6, 6.07) is 8.12. The molecule has 1 aromatic carbocycles. The van der Waals surface area contributed by atoms with Crippen molar-refractivity contribution in [2.75, 3.05) is 7.05 Å². The molecule has 1 heterocycles. The Morgan fingerprint density at radius 1 is 1.08 bits per heavy atom. The van der Waals surface area contributed by atoms with E-state index in [2.05, 4.69) is 10.0 Å². The number of aryl methyl sites for hydroxylation is 2. The van der Waals surface area contributed by atoms with Gasteiger partial charge in [0.25, 0.3) is 0 Å². The van der Waals surface area contributed by atoms with Gasteiger partial charge in [-0.2, -0.15) is 0 Å². The van der Waals surface area contributed by atoms with E-state index in [1.807, 2.05) is 19.9 Å². The van der Waals surface area contributed by atoms with Crippen molar-refractivity contribution in [3.63, 3.8) is 0 Å². The van der Waals surface area contributed by atoms with Gasteiger partial charge in [-0.05, 0) is 44.7 Å². The van der Waals surface area contributed by atoms with E-state index < -0.39 is 10.0 Å². The standard InChI is InChI=1S/C18H22N2O4S2/c1-12-10-16(13(2)25-12)17(21)8-9-18(22)20-11-14-4-6-15(7-5-14)26(23,24)19-3/h4-7,10,19H,8-9,11H2,1-3H3,(H,20,22). The predicted octanol–water partition coefficient (Wildman–Crippen LogP) is 2.55. The number of sulfonamides is 1. The Morgan fingerprint density at radius 2 is 1.73 bits per heavy atom. The third-order valence-electron chi connectivity index (χ3n) is 3.91. The van der Waals surface area contributed by atoms with Gasteiger partial charge in [-0.25, -0.2) is 13.1 Å². The van der Waals surface area contributed by atoms with Gasteiger partial charge in [0, 0.05) is 34.7 Å². The highest BCUT2D eigenvalue weighted by molar-refractivity contribution is 7.89. The second-order valence-corrected chi connectivity index (χ2v) is 9.23. The third kappa shape index (κ3) is 5.23. The van der Waals surface area contributed by atoms with Crippen LogP contribution in [0.3, 0.4) is 0 Å². The number of benzene rings is 1. The highest BCUT2D eigenvalue weighted by atomic mass is 32.2. The summed E-state index contributed by atoms with van der Waals surface area (Å²) in [5.41, 5.74) is 1.48. The molecule has 0 saturated carbocycles. The fourth-order valence-electron chi connectivity index (χ4n) is 2.46. The summed E-state index contributed by atoms with van der Waals surface area (Å²) in [7, 11) is -2.12. The Morgan fingerprint density at radius 3 is 2.27 bits per heavy atom. The van der Waals surface area contributed by atoms with Crippen molar-refractivity contribution >= 4 is 33.1 Å². The van der Waals surface area contributed by atoms with Crippen molar-refractivity contribution < 1.29 is 18.0 Å². The van der Waals surface area contributed by atoms with Crippen LogP contribution in [-0.2, 0) is 21.4 Å². The molecule has 26 heavy (non-hydrogen) atoms. The fourth-order valence-corrected chi connectivity index (χ4v) is 4.14. The predicted molar refractivity (Wildman–Crippen MR) is 102 cm³/mol. The summed E-state index contributed by atoms with van der Waals surface area (Å²) < 4.78 is 25.6. The maximum absolute atomic E-state index is 12.2. The lowest BCUT2D eigenvalue weighted by Gasteiger charge is -2.07. The van der Waals surface area contributed by atoms with Crippen LogP contribution in [0.15, 0.2) is 35.2 Å². The highest BCUT2D eigenvalue weighted by Crippen LogP contribution is 2.22. The molecule has 8 heteroatoms. The SMILES string of the molecule is CNS(=O)(=O)c1ccc(CNC(=O)CCC(=O)c2cc(C)sc2C)cc1. The van der Waals surface area contributed by atoms with Crippen molar-refractivity contribution in [3.8, 4) is 0 Å². The van der Waals surface area contributed by atoms with Gasteiger partial charge in [0.2, 0.25) is 15.9 Å². The van der Waals surface area contributed by atoms with E-state index in [0.29, 0.717) is 5.56 Å². The molecule has 1 aromatic heterocycles. The van der Waals surface area contributed by atoms with Gasteiger partial charge < -0.3 is 5.32 Å². The molecule has 6 nitrogen and oxygen atoms in total. The van der Waals surface area contributed by atoms with E-state index >= 15 is 0 Å². The average molecular weight is 395 g/mol. The number of carbonyl (C=O) groups excluding carboxylic acids is 2. The molecule has 0 aliphatic heterocycles. The monoisotopic (exact) mass is 394 g/mol. The first kappa shape index (κ1) is 20.3. The summed E-state index contributed by atoms with van der Waals surface area (Å²) >= 11 is 1.58. The minimum atomic E-state index is -3.47. The first-order chi connectivity index (χ1) is 12.2. The first-order valence-electron chi connectivity index (χ1n) is 8.12. The number of Topliss-reactive ketones (excluding diaryl/α,β-unsaturated/α-hetero) is 1.